The van der Waals surface area contributed by atoms with Crippen LogP contribution in [0.3, 0.4) is 0 Å². The van der Waals surface area contributed by atoms with Gasteiger partial charge in [0.15, 0.2) is 5.96 Å². The van der Waals surface area contributed by atoms with E-state index in [-0.39, 0.29) is 0 Å². The lowest BCUT2D eigenvalue weighted by molar-refractivity contribution is -0.00566. The summed E-state index contributed by atoms with van der Waals surface area (Å²) in [6, 6.07) is 0.465. The minimum absolute atomic E-state index is 0.427. The number of nitrogens with one attached hydrogen (secondary N) is 1. The van der Waals surface area contributed by atoms with Gasteiger partial charge in [-0.25, -0.2) is 0 Å². The van der Waals surface area contributed by atoms with E-state index in [1.54, 1.807) is 0 Å². The first kappa shape index (κ1) is 12.3. The minimum Gasteiger partial charge on any atom is -0.378 e. The van der Waals surface area contributed by atoms with E-state index in [2.05, 4.69) is 17.2 Å². The number of hydrogen-bond donors (Lipinski definition) is 2. The van der Waals surface area contributed by atoms with Crippen molar-refractivity contribution in [1.29, 1.82) is 0 Å². The smallest absolute Gasteiger partial charge is 0.188 e. The monoisotopic (exact) mass is 213 g/mol. The van der Waals surface area contributed by atoms with Crippen molar-refractivity contribution < 1.29 is 4.74 Å². The second-order valence-electron chi connectivity index (χ2n) is 4.01. The first-order valence-electron chi connectivity index (χ1n) is 5.94. The third-order valence-corrected chi connectivity index (χ3v) is 2.64. The number of nitrogens with zero attached hydrogens (tertiary/aromatic N) is 1. The summed E-state index contributed by atoms with van der Waals surface area (Å²) in [6.45, 7) is 5.81. The van der Waals surface area contributed by atoms with Crippen LogP contribution in [-0.2, 0) is 4.74 Å². The van der Waals surface area contributed by atoms with Crippen molar-refractivity contribution in [2.75, 3.05) is 13.2 Å². The van der Waals surface area contributed by atoms with E-state index >= 15 is 0 Å². The summed E-state index contributed by atoms with van der Waals surface area (Å²) in [6.07, 6.45) is 4.80. The Bertz CT molecular complexity index is 200. The number of ether oxygens (including phenoxy) is 1. The van der Waals surface area contributed by atoms with Gasteiger partial charge >= 0.3 is 0 Å². The number of hydrogen-bond acceptors (Lipinski definition) is 2. The zero-order valence-electron chi connectivity index (χ0n) is 9.83. The Morgan fingerprint density at radius 3 is 2.80 bits per heavy atom. The normalized spacial score (nSPS) is 26.1. The Morgan fingerprint density at radius 2 is 2.20 bits per heavy atom. The summed E-state index contributed by atoms with van der Waals surface area (Å²) < 4.78 is 5.47. The molecule has 0 spiro atoms. The highest BCUT2D eigenvalue weighted by atomic mass is 16.5. The van der Waals surface area contributed by atoms with Crippen LogP contribution in [0.1, 0.15) is 39.5 Å². The fourth-order valence-electron chi connectivity index (χ4n) is 1.67. The third kappa shape index (κ3) is 4.51. The van der Waals surface area contributed by atoms with E-state index in [4.69, 9.17) is 10.5 Å². The molecule has 0 radical (unpaired) electrons. The maximum atomic E-state index is 5.74. The van der Waals surface area contributed by atoms with E-state index in [9.17, 15) is 0 Å². The molecule has 4 nitrogen and oxygen atoms in total. The molecule has 1 saturated carbocycles. The molecule has 3 N–H and O–H groups in total. The van der Waals surface area contributed by atoms with Gasteiger partial charge in [-0.05, 0) is 26.2 Å². The van der Waals surface area contributed by atoms with Gasteiger partial charge in [0.2, 0.25) is 0 Å². The van der Waals surface area contributed by atoms with Crippen LogP contribution < -0.4 is 11.1 Å². The van der Waals surface area contributed by atoms with Gasteiger partial charge in [-0.3, -0.25) is 4.99 Å². The van der Waals surface area contributed by atoms with Crippen LogP contribution in [0.25, 0.3) is 0 Å². The van der Waals surface area contributed by atoms with Crippen molar-refractivity contribution in [3.05, 3.63) is 0 Å². The summed E-state index contributed by atoms with van der Waals surface area (Å²) in [5.41, 5.74) is 5.74. The molecule has 0 aromatic heterocycles. The van der Waals surface area contributed by atoms with E-state index in [0.717, 1.165) is 38.8 Å². The van der Waals surface area contributed by atoms with Crippen LogP contribution in [0.4, 0.5) is 0 Å². The van der Waals surface area contributed by atoms with Gasteiger partial charge in [0.1, 0.15) is 0 Å². The van der Waals surface area contributed by atoms with Gasteiger partial charge in [0.05, 0.1) is 6.10 Å². The predicted molar refractivity (Wildman–Crippen MR) is 63.0 cm³/mol. The van der Waals surface area contributed by atoms with Crippen molar-refractivity contribution >= 4 is 5.96 Å². The molecule has 0 saturated heterocycles. The average Bonchev–Trinajstić information content (AvgIpc) is 2.15. The Kier molecular flexibility index (Phi) is 5.47. The molecular weight excluding hydrogens is 190 g/mol. The highest BCUT2D eigenvalue weighted by Gasteiger charge is 2.29. The van der Waals surface area contributed by atoms with Gasteiger partial charge in [-0.1, -0.05) is 13.3 Å². The van der Waals surface area contributed by atoms with Crippen LogP contribution in [0, 0.1) is 0 Å². The largest absolute Gasteiger partial charge is 0.378 e. The second kappa shape index (κ2) is 6.67. The summed E-state index contributed by atoms with van der Waals surface area (Å²) in [4.78, 5) is 4.25. The quantitative estimate of drug-likeness (QED) is 0.397. The third-order valence-electron chi connectivity index (χ3n) is 2.64. The lowest BCUT2D eigenvalue weighted by atomic mass is 9.89. The van der Waals surface area contributed by atoms with E-state index in [0.29, 0.717) is 18.1 Å². The topological polar surface area (TPSA) is 59.6 Å². The lowest BCUT2D eigenvalue weighted by Crippen LogP contribution is -2.50. The molecule has 0 aromatic carbocycles. The second-order valence-corrected chi connectivity index (χ2v) is 4.01. The SMILES string of the molecule is CCCCN=C(N)NC1CC(OCC)C1. The average molecular weight is 213 g/mol. The lowest BCUT2D eigenvalue weighted by Gasteiger charge is -2.35. The van der Waals surface area contributed by atoms with Gasteiger partial charge in [0, 0.05) is 19.2 Å². The molecule has 1 aliphatic rings. The molecule has 0 unspecified atom stereocenters. The van der Waals surface area contributed by atoms with E-state index in [1.165, 1.54) is 0 Å². The van der Waals surface area contributed by atoms with Crippen molar-refractivity contribution in [3.8, 4) is 0 Å². The Balaban J connectivity index is 2.07. The van der Waals surface area contributed by atoms with Crippen molar-refractivity contribution in [3.63, 3.8) is 0 Å². The molecule has 0 amide bonds. The highest BCUT2D eigenvalue weighted by Crippen LogP contribution is 2.22. The predicted octanol–water partition coefficient (Wildman–Crippen LogP) is 1.26. The van der Waals surface area contributed by atoms with E-state index < -0.39 is 0 Å². The van der Waals surface area contributed by atoms with Crippen molar-refractivity contribution in [2.24, 2.45) is 10.7 Å². The molecule has 0 heterocycles. The van der Waals surface area contributed by atoms with Gasteiger partial charge in [0.25, 0.3) is 0 Å². The molecule has 15 heavy (non-hydrogen) atoms. The zero-order chi connectivity index (χ0) is 11.1. The molecule has 0 aliphatic heterocycles. The molecule has 0 atom stereocenters. The van der Waals surface area contributed by atoms with Crippen LogP contribution in [0.15, 0.2) is 4.99 Å². The first-order chi connectivity index (χ1) is 7.26. The van der Waals surface area contributed by atoms with Crippen LogP contribution in [-0.4, -0.2) is 31.3 Å². The molecule has 1 aliphatic carbocycles. The summed E-state index contributed by atoms with van der Waals surface area (Å²) in [5, 5.41) is 3.21. The fourth-order valence-corrected chi connectivity index (χ4v) is 1.67. The fraction of sp³-hybridized carbons (Fsp3) is 0.909. The standard InChI is InChI=1S/C11H23N3O/c1-3-5-6-13-11(12)14-9-7-10(8-9)15-4-2/h9-10H,3-8H2,1-2H3,(H3,12,13,14). The van der Waals surface area contributed by atoms with Gasteiger partial charge < -0.3 is 15.8 Å². The molecule has 0 bridgehead atoms. The van der Waals surface area contributed by atoms with Crippen molar-refractivity contribution in [1.82, 2.24) is 5.32 Å². The van der Waals surface area contributed by atoms with Gasteiger partial charge in [-0.15, -0.1) is 0 Å². The highest BCUT2D eigenvalue weighted by molar-refractivity contribution is 5.78. The summed E-state index contributed by atoms with van der Waals surface area (Å²) >= 11 is 0. The zero-order valence-corrected chi connectivity index (χ0v) is 9.83. The number of aliphatic imine (C=N–C) groups is 1. The summed E-state index contributed by atoms with van der Waals surface area (Å²) in [7, 11) is 0. The Labute approximate surface area is 92.3 Å². The van der Waals surface area contributed by atoms with Crippen LogP contribution >= 0.6 is 0 Å². The molecule has 1 rings (SSSR count). The summed E-state index contributed by atoms with van der Waals surface area (Å²) in [5.74, 6) is 0.586. The van der Waals surface area contributed by atoms with Crippen molar-refractivity contribution in [2.45, 2.75) is 51.7 Å². The number of nitrogens with two attached hydrogens (primary N) is 1. The minimum atomic E-state index is 0.427. The Morgan fingerprint density at radius 1 is 1.47 bits per heavy atom. The van der Waals surface area contributed by atoms with Crippen LogP contribution in [0.2, 0.25) is 0 Å². The van der Waals surface area contributed by atoms with Gasteiger partial charge in [-0.2, -0.15) is 0 Å². The molecule has 88 valence electrons. The maximum absolute atomic E-state index is 5.74. The number of guanidine groups is 1. The van der Waals surface area contributed by atoms with Crippen LogP contribution in [0.5, 0.6) is 0 Å². The molecule has 4 heteroatoms. The molecule has 1 fully saturated rings. The number of rotatable bonds is 6. The first-order valence-corrected chi connectivity index (χ1v) is 5.94. The molecular formula is C11H23N3O. The molecule has 0 aromatic rings. The maximum Gasteiger partial charge on any atom is 0.188 e. The van der Waals surface area contributed by atoms with E-state index in [1.807, 2.05) is 6.92 Å². The Hall–Kier alpha value is -0.770. The number of unbranched alkanes of at least 4 members (excludes halogenated alkanes) is 1.